The third-order valence-corrected chi connectivity index (χ3v) is 5.37. The fraction of sp³-hybridized carbons (Fsp3) is 0.350. The number of hydrogen-bond donors (Lipinski definition) is 1. The molecule has 0 bridgehead atoms. The van der Waals surface area contributed by atoms with Crippen LogP contribution in [0.4, 0.5) is 0 Å². The monoisotopic (exact) mass is 325 g/mol. The van der Waals surface area contributed by atoms with Gasteiger partial charge < -0.3 is 5.32 Å². The highest BCUT2D eigenvalue weighted by molar-refractivity contribution is 7.98. The lowest BCUT2D eigenvalue weighted by molar-refractivity contribution is 0.0937. The van der Waals surface area contributed by atoms with Crippen molar-refractivity contribution >= 4 is 17.7 Å². The summed E-state index contributed by atoms with van der Waals surface area (Å²) in [4.78, 5) is 13.6. The predicted octanol–water partition coefficient (Wildman–Crippen LogP) is 4.78. The minimum Gasteiger partial charge on any atom is -0.345 e. The molecule has 3 rings (SSSR count). The second kappa shape index (κ2) is 7.22. The van der Waals surface area contributed by atoms with Gasteiger partial charge in [0.15, 0.2) is 0 Å². The second-order valence-corrected chi connectivity index (χ2v) is 6.98. The number of amides is 1. The van der Waals surface area contributed by atoms with Crippen molar-refractivity contribution in [3.8, 4) is 0 Å². The van der Waals surface area contributed by atoms with Gasteiger partial charge in [0.05, 0.1) is 11.6 Å². The molecule has 0 saturated heterocycles. The molecule has 0 spiro atoms. The van der Waals surface area contributed by atoms with E-state index in [4.69, 9.17) is 0 Å². The molecule has 1 aliphatic rings. The van der Waals surface area contributed by atoms with E-state index in [0.29, 0.717) is 0 Å². The molecule has 1 N–H and O–H groups in total. The maximum atomic E-state index is 12.6. The van der Waals surface area contributed by atoms with E-state index in [1.54, 1.807) is 11.8 Å². The number of hydrogen-bond acceptors (Lipinski definition) is 2. The van der Waals surface area contributed by atoms with Gasteiger partial charge in [-0.2, -0.15) is 0 Å². The molecule has 2 aromatic rings. The average molecular weight is 325 g/mol. The highest BCUT2D eigenvalue weighted by atomic mass is 32.2. The molecule has 23 heavy (non-hydrogen) atoms. The Hall–Kier alpha value is -1.74. The zero-order valence-corrected chi connectivity index (χ0v) is 14.6. The molecule has 0 heterocycles. The lowest BCUT2D eigenvalue weighted by atomic mass is 9.89. The highest BCUT2D eigenvalue weighted by Gasteiger charge is 2.16. The van der Waals surface area contributed by atoms with E-state index in [-0.39, 0.29) is 11.9 Å². The normalized spacial score (nSPS) is 14.9. The van der Waals surface area contributed by atoms with Crippen molar-refractivity contribution in [2.75, 3.05) is 6.26 Å². The molecule has 0 unspecified atom stereocenters. The van der Waals surface area contributed by atoms with Crippen molar-refractivity contribution in [1.29, 1.82) is 0 Å². The van der Waals surface area contributed by atoms with E-state index < -0.39 is 0 Å². The van der Waals surface area contributed by atoms with Gasteiger partial charge in [-0.25, -0.2) is 0 Å². The molecule has 1 atom stereocenters. The van der Waals surface area contributed by atoms with E-state index in [1.165, 1.54) is 42.4 Å². The minimum atomic E-state index is 0.000158. The first-order chi connectivity index (χ1) is 11.2. The fourth-order valence-corrected chi connectivity index (χ4v) is 3.81. The van der Waals surface area contributed by atoms with Crippen LogP contribution in [-0.4, -0.2) is 12.2 Å². The third-order valence-electron chi connectivity index (χ3n) is 4.57. The zero-order valence-electron chi connectivity index (χ0n) is 13.8. The van der Waals surface area contributed by atoms with Crippen LogP contribution in [0.1, 0.15) is 52.9 Å². The minimum absolute atomic E-state index is 0.000158. The van der Waals surface area contributed by atoms with E-state index in [1.807, 2.05) is 30.5 Å². The van der Waals surface area contributed by atoms with E-state index in [2.05, 4.69) is 30.4 Å². The topological polar surface area (TPSA) is 29.1 Å². The van der Waals surface area contributed by atoms with E-state index >= 15 is 0 Å². The first kappa shape index (κ1) is 16.1. The van der Waals surface area contributed by atoms with Crippen molar-refractivity contribution in [3.63, 3.8) is 0 Å². The summed E-state index contributed by atoms with van der Waals surface area (Å²) in [5, 5.41) is 3.14. The lowest BCUT2D eigenvalue weighted by Crippen LogP contribution is -2.27. The molecule has 0 fully saturated rings. The molecule has 2 aromatic carbocycles. The van der Waals surface area contributed by atoms with Crippen LogP contribution in [0.25, 0.3) is 0 Å². The van der Waals surface area contributed by atoms with Crippen molar-refractivity contribution in [2.24, 2.45) is 0 Å². The Bertz CT molecular complexity index is 711. The van der Waals surface area contributed by atoms with Gasteiger partial charge in [0, 0.05) is 4.90 Å². The fourth-order valence-electron chi connectivity index (χ4n) is 3.21. The number of aryl methyl sites for hydroxylation is 2. The number of thioether (sulfide) groups is 1. The van der Waals surface area contributed by atoms with Gasteiger partial charge >= 0.3 is 0 Å². The largest absolute Gasteiger partial charge is 0.345 e. The van der Waals surface area contributed by atoms with Crippen LogP contribution in [0.2, 0.25) is 0 Å². The first-order valence-electron chi connectivity index (χ1n) is 8.24. The molecule has 0 saturated carbocycles. The quantitative estimate of drug-likeness (QED) is 0.820. The standard InChI is InChI=1S/C20H23NOS/c1-14(16-12-11-15-7-3-4-8-17(15)13-16)21-20(22)18-9-5-6-10-19(18)23-2/h5-6,9-14H,3-4,7-8H2,1-2H3,(H,21,22)/t14-/m1/s1. The summed E-state index contributed by atoms with van der Waals surface area (Å²) < 4.78 is 0. The number of fused-ring (bicyclic) bond motifs is 1. The summed E-state index contributed by atoms with van der Waals surface area (Å²) >= 11 is 1.60. The van der Waals surface area contributed by atoms with Crippen molar-refractivity contribution in [3.05, 3.63) is 64.7 Å². The Morgan fingerprint density at radius 2 is 1.83 bits per heavy atom. The third kappa shape index (κ3) is 3.61. The van der Waals surface area contributed by atoms with Gasteiger partial charge in [-0.05, 0) is 67.7 Å². The molecule has 0 aliphatic heterocycles. The van der Waals surface area contributed by atoms with Gasteiger partial charge in [-0.1, -0.05) is 30.3 Å². The second-order valence-electron chi connectivity index (χ2n) is 6.13. The van der Waals surface area contributed by atoms with Gasteiger partial charge in [0.25, 0.3) is 5.91 Å². The molecule has 3 heteroatoms. The van der Waals surface area contributed by atoms with Crippen LogP contribution in [-0.2, 0) is 12.8 Å². The molecular formula is C20H23NOS. The zero-order chi connectivity index (χ0) is 16.2. The number of benzene rings is 2. The molecule has 2 nitrogen and oxygen atoms in total. The van der Waals surface area contributed by atoms with E-state index in [9.17, 15) is 4.79 Å². The summed E-state index contributed by atoms with van der Waals surface area (Å²) in [7, 11) is 0. The van der Waals surface area contributed by atoms with Gasteiger partial charge in [0.2, 0.25) is 0 Å². The molecular weight excluding hydrogens is 302 g/mol. The van der Waals surface area contributed by atoms with Crippen molar-refractivity contribution in [2.45, 2.75) is 43.5 Å². The van der Waals surface area contributed by atoms with Crippen LogP contribution in [0.15, 0.2) is 47.4 Å². The van der Waals surface area contributed by atoms with Gasteiger partial charge in [-0.3, -0.25) is 4.79 Å². The lowest BCUT2D eigenvalue weighted by Gasteiger charge is -2.20. The Labute approximate surface area is 142 Å². The summed E-state index contributed by atoms with van der Waals surface area (Å²) in [6.07, 6.45) is 6.93. The van der Waals surface area contributed by atoms with Crippen LogP contribution in [0.5, 0.6) is 0 Å². The summed E-state index contributed by atoms with van der Waals surface area (Å²) in [5.41, 5.74) is 4.89. The molecule has 0 radical (unpaired) electrons. The van der Waals surface area contributed by atoms with Gasteiger partial charge in [-0.15, -0.1) is 11.8 Å². The Balaban J connectivity index is 1.76. The van der Waals surface area contributed by atoms with Gasteiger partial charge in [0.1, 0.15) is 0 Å². The number of carbonyl (C=O) groups excluding carboxylic acids is 1. The van der Waals surface area contributed by atoms with Crippen molar-refractivity contribution in [1.82, 2.24) is 5.32 Å². The van der Waals surface area contributed by atoms with Crippen LogP contribution >= 0.6 is 11.8 Å². The number of nitrogens with one attached hydrogen (secondary N) is 1. The Kier molecular flexibility index (Phi) is 5.06. The van der Waals surface area contributed by atoms with Crippen LogP contribution in [0.3, 0.4) is 0 Å². The first-order valence-corrected chi connectivity index (χ1v) is 9.47. The molecule has 0 aromatic heterocycles. The van der Waals surface area contributed by atoms with Crippen LogP contribution in [0, 0.1) is 0 Å². The maximum Gasteiger partial charge on any atom is 0.252 e. The Morgan fingerprint density at radius 1 is 1.09 bits per heavy atom. The highest BCUT2D eigenvalue weighted by Crippen LogP contribution is 2.25. The molecule has 1 amide bonds. The summed E-state index contributed by atoms with van der Waals surface area (Å²) in [6, 6.07) is 14.5. The molecule has 1 aliphatic carbocycles. The predicted molar refractivity (Wildman–Crippen MR) is 97.2 cm³/mol. The van der Waals surface area contributed by atoms with Crippen LogP contribution < -0.4 is 5.32 Å². The number of rotatable bonds is 4. The average Bonchev–Trinajstić information content (AvgIpc) is 2.61. The maximum absolute atomic E-state index is 12.6. The Morgan fingerprint density at radius 3 is 2.61 bits per heavy atom. The molecule has 120 valence electrons. The summed E-state index contributed by atoms with van der Waals surface area (Å²) in [5.74, 6) is 0.000158. The summed E-state index contributed by atoms with van der Waals surface area (Å²) in [6.45, 7) is 2.06. The SMILES string of the molecule is CSc1ccccc1C(=O)N[C@H](C)c1ccc2c(c1)CCCC2. The smallest absolute Gasteiger partial charge is 0.252 e. The van der Waals surface area contributed by atoms with Crippen molar-refractivity contribution < 1.29 is 4.79 Å². The van der Waals surface area contributed by atoms with E-state index in [0.717, 1.165) is 10.5 Å². The number of carbonyl (C=O) groups is 1.